The third-order valence-electron chi connectivity index (χ3n) is 7.32. The quantitative estimate of drug-likeness (QED) is 0.214. The van der Waals surface area contributed by atoms with Crippen LogP contribution in [0.2, 0.25) is 5.02 Å². The number of piperazine rings is 1. The summed E-state index contributed by atoms with van der Waals surface area (Å²) < 4.78 is 62.2. The van der Waals surface area contributed by atoms with Gasteiger partial charge in [-0.3, -0.25) is 9.69 Å². The average Bonchev–Trinajstić information content (AvgIpc) is 3.36. The van der Waals surface area contributed by atoms with E-state index in [1.807, 2.05) is 0 Å². The van der Waals surface area contributed by atoms with Crippen molar-refractivity contribution < 1.29 is 26.5 Å². The largest absolute Gasteiger partial charge is 0.360 e. The van der Waals surface area contributed by atoms with Gasteiger partial charge in [-0.2, -0.15) is 4.31 Å². The second kappa shape index (κ2) is 13.2. The van der Waals surface area contributed by atoms with E-state index in [2.05, 4.69) is 26.0 Å². The van der Waals surface area contributed by atoms with Gasteiger partial charge in [0.15, 0.2) is 0 Å². The first-order valence-corrected chi connectivity index (χ1v) is 16.1. The van der Waals surface area contributed by atoms with Crippen LogP contribution in [0.3, 0.4) is 0 Å². The number of aryl methyl sites for hydroxylation is 1. The van der Waals surface area contributed by atoms with Gasteiger partial charge < -0.3 is 9.42 Å². The lowest BCUT2D eigenvalue weighted by Gasteiger charge is -2.35. The van der Waals surface area contributed by atoms with Gasteiger partial charge in [0.05, 0.1) is 15.5 Å². The van der Waals surface area contributed by atoms with E-state index >= 15 is 0 Å². The van der Waals surface area contributed by atoms with Crippen LogP contribution in [0.5, 0.6) is 0 Å². The van der Waals surface area contributed by atoms with Crippen molar-refractivity contribution in [3.63, 3.8) is 0 Å². The zero-order valence-electron chi connectivity index (χ0n) is 23.1. The Hall–Kier alpha value is -3.16. The van der Waals surface area contributed by atoms with Crippen molar-refractivity contribution >= 4 is 43.5 Å². The molecule has 0 radical (unpaired) electrons. The fourth-order valence-electron chi connectivity index (χ4n) is 4.95. The number of benzene rings is 3. The summed E-state index contributed by atoms with van der Waals surface area (Å²) in [5.74, 6) is -1.29. The van der Waals surface area contributed by atoms with E-state index in [1.54, 1.807) is 48.2 Å². The van der Waals surface area contributed by atoms with Gasteiger partial charge in [-0.15, -0.1) is 0 Å². The maximum atomic E-state index is 14.8. The molecule has 5 rings (SSSR count). The molecule has 0 atom stereocenters. The van der Waals surface area contributed by atoms with Crippen LogP contribution in [0.25, 0.3) is 11.3 Å². The van der Waals surface area contributed by atoms with Crippen molar-refractivity contribution in [2.24, 2.45) is 0 Å². The summed E-state index contributed by atoms with van der Waals surface area (Å²) in [5, 5.41) is 4.06. The molecule has 1 aliphatic heterocycles. The van der Waals surface area contributed by atoms with Gasteiger partial charge in [0.2, 0.25) is 10.0 Å². The molecule has 1 amide bonds. The first kappa shape index (κ1) is 31.3. The molecule has 0 saturated carbocycles. The fraction of sp³-hybridized carbons (Fsp3) is 0.267. The molecule has 3 aromatic carbocycles. The number of amides is 1. The molecule has 0 aliphatic carbocycles. The molecule has 0 spiro atoms. The Morgan fingerprint density at radius 3 is 2.35 bits per heavy atom. The SMILES string of the molecule is Cc1onc(-c2c(F)cccc2Cl)c1C(=O)N(CCN1CCN(S(=O)(=O)c2ccc(Br)cc2)CC1)Cc1ccc(F)cc1. The van der Waals surface area contributed by atoms with Crippen LogP contribution in [0.4, 0.5) is 8.78 Å². The standard InChI is InChI=1S/C30H28BrClF2N4O4S/c1-20-27(29(35-42-20)28-25(32)3-2-4-26(28)34)30(39)37(19-21-5-9-23(33)10-6-21)16-13-36-14-17-38(18-15-36)43(40,41)24-11-7-22(31)8-12-24/h2-12H,13-19H2,1H3. The topological polar surface area (TPSA) is 87.0 Å². The van der Waals surface area contributed by atoms with Crippen LogP contribution in [-0.2, 0) is 16.6 Å². The van der Waals surface area contributed by atoms with E-state index in [0.717, 1.165) is 4.47 Å². The van der Waals surface area contributed by atoms with Crippen molar-refractivity contribution in [2.75, 3.05) is 39.3 Å². The predicted molar refractivity (Wildman–Crippen MR) is 162 cm³/mol. The van der Waals surface area contributed by atoms with Crippen molar-refractivity contribution in [2.45, 2.75) is 18.4 Å². The third kappa shape index (κ3) is 6.99. The molecule has 2 heterocycles. The highest BCUT2D eigenvalue weighted by atomic mass is 79.9. The van der Waals surface area contributed by atoms with Crippen molar-refractivity contribution in [3.05, 3.63) is 105 Å². The molecule has 226 valence electrons. The van der Waals surface area contributed by atoms with Gasteiger partial charge >= 0.3 is 0 Å². The normalized spacial score (nSPS) is 14.6. The zero-order chi connectivity index (χ0) is 30.7. The summed E-state index contributed by atoms with van der Waals surface area (Å²) in [6, 6.07) is 16.5. The van der Waals surface area contributed by atoms with Crippen LogP contribution >= 0.6 is 27.5 Å². The van der Waals surface area contributed by atoms with Crippen molar-refractivity contribution in [1.82, 2.24) is 19.3 Å². The molecule has 0 unspecified atom stereocenters. The zero-order valence-corrected chi connectivity index (χ0v) is 26.3. The minimum absolute atomic E-state index is 0.00136. The monoisotopic (exact) mass is 692 g/mol. The van der Waals surface area contributed by atoms with Crippen LogP contribution < -0.4 is 0 Å². The second-order valence-corrected chi connectivity index (χ2v) is 13.4. The van der Waals surface area contributed by atoms with Gasteiger partial charge in [-0.05, 0) is 61.0 Å². The highest BCUT2D eigenvalue weighted by Gasteiger charge is 2.31. The molecule has 8 nitrogen and oxygen atoms in total. The third-order valence-corrected chi connectivity index (χ3v) is 10.1. The van der Waals surface area contributed by atoms with E-state index in [0.29, 0.717) is 38.3 Å². The fourth-order valence-corrected chi connectivity index (χ4v) is 6.89. The Kier molecular flexibility index (Phi) is 9.62. The lowest BCUT2D eigenvalue weighted by Crippen LogP contribution is -2.50. The molecule has 1 fully saturated rings. The first-order valence-electron chi connectivity index (χ1n) is 13.5. The second-order valence-electron chi connectivity index (χ2n) is 10.1. The number of carbonyl (C=O) groups is 1. The van der Waals surface area contributed by atoms with Crippen LogP contribution in [-0.4, -0.2) is 72.9 Å². The minimum atomic E-state index is -3.63. The summed E-state index contributed by atoms with van der Waals surface area (Å²) >= 11 is 9.62. The summed E-state index contributed by atoms with van der Waals surface area (Å²) in [7, 11) is -3.63. The molecule has 1 aliphatic rings. The molecule has 43 heavy (non-hydrogen) atoms. The van der Waals surface area contributed by atoms with Gasteiger partial charge in [0, 0.05) is 50.3 Å². The van der Waals surface area contributed by atoms with Crippen LogP contribution in [0, 0.1) is 18.6 Å². The summed E-state index contributed by atoms with van der Waals surface area (Å²) in [4.78, 5) is 17.9. The first-order chi connectivity index (χ1) is 20.5. The number of hydrogen-bond donors (Lipinski definition) is 0. The molecule has 0 bridgehead atoms. The number of rotatable bonds is 9. The Morgan fingerprint density at radius 2 is 1.70 bits per heavy atom. The summed E-state index contributed by atoms with van der Waals surface area (Å²) in [5.41, 5.74) is 0.745. The molecule has 0 N–H and O–H groups in total. The number of halogens is 4. The van der Waals surface area contributed by atoms with E-state index in [4.69, 9.17) is 16.1 Å². The predicted octanol–water partition coefficient (Wildman–Crippen LogP) is 5.99. The van der Waals surface area contributed by atoms with Gasteiger partial charge in [0.1, 0.15) is 28.7 Å². The number of sulfonamides is 1. The van der Waals surface area contributed by atoms with Crippen LogP contribution in [0.1, 0.15) is 21.7 Å². The number of carbonyl (C=O) groups excluding carboxylic acids is 1. The maximum absolute atomic E-state index is 14.8. The number of hydrogen-bond acceptors (Lipinski definition) is 6. The lowest BCUT2D eigenvalue weighted by atomic mass is 10.0. The van der Waals surface area contributed by atoms with E-state index in [-0.39, 0.29) is 45.6 Å². The maximum Gasteiger partial charge on any atom is 0.260 e. The number of aromatic nitrogens is 1. The highest BCUT2D eigenvalue weighted by Crippen LogP contribution is 2.34. The molecule has 1 aromatic heterocycles. The minimum Gasteiger partial charge on any atom is -0.360 e. The molecule has 4 aromatic rings. The summed E-state index contributed by atoms with van der Waals surface area (Å²) in [6.07, 6.45) is 0. The van der Waals surface area contributed by atoms with Gasteiger partial charge in [0.25, 0.3) is 5.91 Å². The Morgan fingerprint density at radius 1 is 1.02 bits per heavy atom. The molecular formula is C30H28BrClF2N4O4S. The Labute approximate surface area is 262 Å². The summed E-state index contributed by atoms with van der Waals surface area (Å²) in [6.45, 7) is 3.94. The molecule has 13 heteroatoms. The van der Waals surface area contributed by atoms with E-state index in [1.165, 1.54) is 34.6 Å². The molecular weight excluding hydrogens is 666 g/mol. The average molecular weight is 694 g/mol. The highest BCUT2D eigenvalue weighted by molar-refractivity contribution is 9.10. The van der Waals surface area contributed by atoms with Gasteiger partial charge in [-0.25, -0.2) is 17.2 Å². The van der Waals surface area contributed by atoms with Crippen molar-refractivity contribution in [3.8, 4) is 11.3 Å². The lowest BCUT2D eigenvalue weighted by molar-refractivity contribution is 0.0709. The van der Waals surface area contributed by atoms with Crippen molar-refractivity contribution in [1.29, 1.82) is 0 Å². The van der Waals surface area contributed by atoms with Gasteiger partial charge in [-0.1, -0.05) is 50.9 Å². The number of nitrogens with zero attached hydrogens (tertiary/aromatic N) is 4. The van der Waals surface area contributed by atoms with E-state index in [9.17, 15) is 22.0 Å². The Balaban J connectivity index is 1.34. The molecule has 1 saturated heterocycles. The Bertz CT molecular complexity index is 1690. The van der Waals surface area contributed by atoms with E-state index < -0.39 is 27.6 Å². The van der Waals surface area contributed by atoms with Crippen LogP contribution in [0.15, 0.2) is 80.6 Å². The smallest absolute Gasteiger partial charge is 0.260 e.